The largest absolute Gasteiger partial charge is 0.472 e. The van der Waals surface area contributed by atoms with E-state index in [1.54, 1.807) is 0 Å². The van der Waals surface area contributed by atoms with E-state index < -0.39 is 97.5 Å². The van der Waals surface area contributed by atoms with Gasteiger partial charge in [0.05, 0.1) is 26.4 Å². The molecule has 0 aliphatic rings. The van der Waals surface area contributed by atoms with Crippen LogP contribution in [0.5, 0.6) is 0 Å². The van der Waals surface area contributed by atoms with Gasteiger partial charge in [-0.2, -0.15) is 0 Å². The second-order valence-electron chi connectivity index (χ2n) is 30.2. The number of ether oxygens (including phenoxy) is 4. The minimum Gasteiger partial charge on any atom is -0.462 e. The van der Waals surface area contributed by atoms with E-state index in [-0.39, 0.29) is 25.7 Å². The van der Waals surface area contributed by atoms with Crippen LogP contribution in [0.4, 0.5) is 0 Å². The van der Waals surface area contributed by atoms with Crippen molar-refractivity contribution in [2.75, 3.05) is 39.6 Å². The van der Waals surface area contributed by atoms with Crippen LogP contribution in [0.3, 0.4) is 0 Å². The predicted octanol–water partition coefficient (Wildman–Crippen LogP) is 24.7. The molecule has 0 aromatic carbocycles. The Bertz CT molecular complexity index is 1940. The molecule has 3 unspecified atom stereocenters. The molecule has 0 radical (unpaired) electrons. The molecular weight excluding hydrogens is 1320 g/mol. The smallest absolute Gasteiger partial charge is 0.462 e. The first kappa shape index (κ1) is 99.1. The highest BCUT2D eigenvalue weighted by atomic mass is 31.2. The van der Waals surface area contributed by atoms with Gasteiger partial charge in [-0.3, -0.25) is 37.3 Å². The van der Waals surface area contributed by atoms with Crippen molar-refractivity contribution in [2.24, 2.45) is 11.8 Å². The maximum absolute atomic E-state index is 13.1. The highest BCUT2D eigenvalue weighted by Crippen LogP contribution is 2.45. The first-order chi connectivity index (χ1) is 48.9. The van der Waals surface area contributed by atoms with Crippen LogP contribution in [0, 0.1) is 11.8 Å². The summed E-state index contributed by atoms with van der Waals surface area (Å²) in [5.74, 6) is -0.507. The van der Waals surface area contributed by atoms with Crippen molar-refractivity contribution in [1.29, 1.82) is 0 Å². The molecule has 0 aromatic heterocycles. The zero-order valence-electron chi connectivity index (χ0n) is 66.2. The molecule has 3 N–H and O–H groups in total. The van der Waals surface area contributed by atoms with Gasteiger partial charge in [-0.05, 0) is 37.5 Å². The Balaban J connectivity index is 5.21. The number of phosphoric ester groups is 2. The Hall–Kier alpha value is -1.94. The zero-order valence-corrected chi connectivity index (χ0v) is 68.0. The van der Waals surface area contributed by atoms with Gasteiger partial charge in [0.1, 0.15) is 19.3 Å². The molecule has 6 atom stereocenters. The molecule has 101 heavy (non-hydrogen) atoms. The van der Waals surface area contributed by atoms with Crippen LogP contribution >= 0.6 is 15.6 Å². The Morgan fingerprint density at radius 1 is 0.287 bits per heavy atom. The molecule has 0 heterocycles. The van der Waals surface area contributed by atoms with Gasteiger partial charge in [-0.15, -0.1) is 0 Å². The lowest BCUT2D eigenvalue weighted by Gasteiger charge is -2.21. The van der Waals surface area contributed by atoms with E-state index in [0.29, 0.717) is 25.7 Å². The number of carbonyl (C=O) groups excluding carboxylic acids is 4. The summed E-state index contributed by atoms with van der Waals surface area (Å²) in [5.41, 5.74) is 0. The summed E-state index contributed by atoms with van der Waals surface area (Å²) in [4.78, 5) is 73.0. The molecule has 19 heteroatoms. The highest BCUT2D eigenvalue weighted by molar-refractivity contribution is 7.47. The van der Waals surface area contributed by atoms with Crippen molar-refractivity contribution in [1.82, 2.24) is 0 Å². The number of carbonyl (C=O) groups is 4. The standard InChI is InChI=1S/C82H160O17P2/c1-7-10-12-14-16-18-19-20-21-22-23-24-25-26-27-32-35-42-48-54-60-66-81(86)98-78(71-93-80(85)65-59-53-47-41-34-31-29-28-30-33-39-44-50-56-62-74(4)5)73-97-101(90,91)95-69-76(83)68-94-100(88,89)96-72-77(70-92-79(84)64-58-52-46-38-17-15-13-11-8-2)99-82(87)67-61-55-49-43-37-36-40-45-51-57-63-75(6)9-3/h74-78,83H,7-73H2,1-6H3,(H,88,89)(H,90,91)/t75?,76-,77+,78+/m0/s1. The molecule has 0 rings (SSSR count). The van der Waals surface area contributed by atoms with Crippen LogP contribution in [0.25, 0.3) is 0 Å². The Labute approximate surface area is 619 Å². The van der Waals surface area contributed by atoms with Crippen LogP contribution in [-0.2, 0) is 65.4 Å². The van der Waals surface area contributed by atoms with E-state index in [2.05, 4.69) is 41.5 Å². The van der Waals surface area contributed by atoms with Crippen molar-refractivity contribution < 1.29 is 80.2 Å². The van der Waals surface area contributed by atoms with Gasteiger partial charge in [0.15, 0.2) is 12.2 Å². The summed E-state index contributed by atoms with van der Waals surface area (Å²) in [6.07, 6.45) is 63.8. The van der Waals surface area contributed by atoms with Crippen molar-refractivity contribution in [3.8, 4) is 0 Å². The molecule has 0 bridgehead atoms. The Kier molecular flexibility index (Phi) is 72.2. The van der Waals surface area contributed by atoms with Gasteiger partial charge in [0, 0.05) is 25.7 Å². The monoisotopic (exact) mass is 1480 g/mol. The van der Waals surface area contributed by atoms with Gasteiger partial charge < -0.3 is 33.8 Å². The van der Waals surface area contributed by atoms with E-state index in [4.69, 9.17) is 37.0 Å². The molecule has 0 amide bonds. The van der Waals surface area contributed by atoms with E-state index in [0.717, 1.165) is 102 Å². The number of hydrogen-bond acceptors (Lipinski definition) is 15. The first-order valence-electron chi connectivity index (χ1n) is 42.5. The summed E-state index contributed by atoms with van der Waals surface area (Å²) >= 11 is 0. The quantitative estimate of drug-likeness (QED) is 0.0222. The number of phosphoric acid groups is 2. The molecule has 0 spiro atoms. The molecule has 0 saturated carbocycles. The molecule has 0 aromatic rings. The predicted molar refractivity (Wildman–Crippen MR) is 414 cm³/mol. The first-order valence-corrected chi connectivity index (χ1v) is 45.5. The molecular formula is C82H160O17P2. The molecule has 0 fully saturated rings. The third kappa shape index (κ3) is 74.7. The van der Waals surface area contributed by atoms with Crippen LogP contribution in [0.2, 0.25) is 0 Å². The SMILES string of the molecule is CCCCCCCCCCCCCCCCCCCCCCCC(=O)O[C@H](COC(=O)CCCCCCCCCCCCCCCCC(C)C)COP(=O)(O)OC[C@@H](O)COP(=O)(O)OC[C@@H](COC(=O)CCCCCCCCCCC)OC(=O)CCCCCCCCCCCCC(C)CC. The summed E-state index contributed by atoms with van der Waals surface area (Å²) < 4.78 is 68.7. The van der Waals surface area contributed by atoms with Crippen molar-refractivity contribution >= 4 is 39.5 Å². The minimum absolute atomic E-state index is 0.106. The summed E-state index contributed by atoms with van der Waals surface area (Å²) in [5, 5.41) is 10.6. The normalized spacial score (nSPS) is 14.2. The molecule has 0 saturated heterocycles. The fraction of sp³-hybridized carbons (Fsp3) is 0.951. The average Bonchev–Trinajstić information content (AvgIpc) is 0.937. The number of aliphatic hydroxyl groups excluding tert-OH is 1. The van der Waals surface area contributed by atoms with Crippen LogP contribution in [-0.4, -0.2) is 96.7 Å². The topological polar surface area (TPSA) is 237 Å². The van der Waals surface area contributed by atoms with Gasteiger partial charge in [0.25, 0.3) is 0 Å². The highest BCUT2D eigenvalue weighted by Gasteiger charge is 2.30. The molecule has 600 valence electrons. The van der Waals surface area contributed by atoms with Crippen LogP contribution in [0.1, 0.15) is 433 Å². The zero-order chi connectivity index (χ0) is 74.2. The fourth-order valence-corrected chi connectivity index (χ4v) is 14.3. The fourth-order valence-electron chi connectivity index (χ4n) is 12.7. The number of rotatable bonds is 81. The second-order valence-corrected chi connectivity index (χ2v) is 33.1. The number of aliphatic hydroxyl groups is 1. The van der Waals surface area contributed by atoms with Gasteiger partial charge >= 0.3 is 39.5 Å². The third-order valence-corrected chi connectivity index (χ3v) is 21.5. The van der Waals surface area contributed by atoms with E-state index in [9.17, 15) is 43.2 Å². The van der Waals surface area contributed by atoms with Gasteiger partial charge in [0.2, 0.25) is 0 Å². The number of esters is 4. The summed E-state index contributed by atoms with van der Waals surface area (Å²) in [6.45, 7) is 9.67. The second kappa shape index (κ2) is 73.6. The Morgan fingerprint density at radius 2 is 0.505 bits per heavy atom. The van der Waals surface area contributed by atoms with Gasteiger partial charge in [-0.25, -0.2) is 9.13 Å². The molecule has 0 aliphatic carbocycles. The van der Waals surface area contributed by atoms with Crippen molar-refractivity contribution in [3.05, 3.63) is 0 Å². The third-order valence-electron chi connectivity index (χ3n) is 19.6. The van der Waals surface area contributed by atoms with Crippen LogP contribution < -0.4 is 0 Å². The number of hydrogen-bond donors (Lipinski definition) is 3. The Morgan fingerprint density at radius 3 is 0.752 bits per heavy atom. The van der Waals surface area contributed by atoms with Crippen molar-refractivity contribution in [3.63, 3.8) is 0 Å². The van der Waals surface area contributed by atoms with E-state index in [1.165, 1.54) is 250 Å². The average molecular weight is 1480 g/mol. The van der Waals surface area contributed by atoms with Crippen LogP contribution in [0.15, 0.2) is 0 Å². The van der Waals surface area contributed by atoms with Crippen molar-refractivity contribution in [2.45, 2.75) is 452 Å². The lowest BCUT2D eigenvalue weighted by atomic mass is 9.99. The number of unbranched alkanes of at least 4 members (excludes halogenated alkanes) is 50. The van der Waals surface area contributed by atoms with E-state index in [1.807, 2.05) is 0 Å². The summed E-state index contributed by atoms with van der Waals surface area (Å²) in [6, 6.07) is 0. The lowest BCUT2D eigenvalue weighted by Crippen LogP contribution is -2.30. The maximum atomic E-state index is 13.1. The maximum Gasteiger partial charge on any atom is 0.472 e. The van der Waals surface area contributed by atoms with Gasteiger partial charge in [-0.1, -0.05) is 382 Å². The minimum atomic E-state index is -4.96. The molecule has 0 aliphatic heterocycles. The molecule has 17 nitrogen and oxygen atoms in total. The lowest BCUT2D eigenvalue weighted by molar-refractivity contribution is -0.161. The van der Waals surface area contributed by atoms with E-state index >= 15 is 0 Å². The summed E-state index contributed by atoms with van der Waals surface area (Å²) in [7, 11) is -9.92.